The highest BCUT2D eigenvalue weighted by Gasteiger charge is 2.18. The van der Waals surface area contributed by atoms with Crippen LogP contribution in [0.15, 0.2) is 0 Å². The summed E-state index contributed by atoms with van der Waals surface area (Å²) in [5.41, 5.74) is 7.88. The van der Waals surface area contributed by atoms with E-state index < -0.39 is 0 Å². The molecule has 0 aliphatic rings. The average molecular weight is 196 g/mol. The van der Waals surface area contributed by atoms with E-state index in [1.165, 1.54) is 5.69 Å². The lowest BCUT2D eigenvalue weighted by Crippen LogP contribution is -2.09. The Morgan fingerprint density at radius 1 is 1.36 bits per heavy atom. The van der Waals surface area contributed by atoms with Crippen LogP contribution in [0.5, 0.6) is 0 Å². The number of rotatable bonds is 4. The van der Waals surface area contributed by atoms with Crippen molar-refractivity contribution in [3.05, 3.63) is 11.4 Å². The Morgan fingerprint density at radius 2 is 2.00 bits per heavy atom. The Hall–Kier alpha value is -0.900. The maximum atomic E-state index is 5.54. The van der Waals surface area contributed by atoms with Crippen molar-refractivity contribution >= 4 is 0 Å². The van der Waals surface area contributed by atoms with Gasteiger partial charge in [0.1, 0.15) is 0 Å². The first-order valence-corrected chi connectivity index (χ1v) is 5.17. The van der Waals surface area contributed by atoms with Crippen LogP contribution in [0.3, 0.4) is 0 Å². The zero-order chi connectivity index (χ0) is 10.7. The van der Waals surface area contributed by atoms with Crippen LogP contribution in [0.2, 0.25) is 0 Å². The maximum absolute atomic E-state index is 5.54. The highest BCUT2D eigenvalue weighted by molar-refractivity contribution is 5.17. The number of nitrogens with zero attached hydrogens (tertiary/aromatic N) is 3. The minimum atomic E-state index is 0.408. The molecule has 0 bridgehead atoms. The summed E-state index contributed by atoms with van der Waals surface area (Å²) in [6.45, 7) is 7.19. The molecule has 0 radical (unpaired) electrons. The second-order valence-corrected chi connectivity index (χ2v) is 4.12. The van der Waals surface area contributed by atoms with Gasteiger partial charge in [-0.1, -0.05) is 26.0 Å². The molecule has 2 N–H and O–H groups in total. The van der Waals surface area contributed by atoms with Gasteiger partial charge in [0, 0.05) is 13.0 Å². The van der Waals surface area contributed by atoms with E-state index in [4.69, 9.17) is 5.73 Å². The molecule has 14 heavy (non-hydrogen) atoms. The van der Waals surface area contributed by atoms with Gasteiger partial charge in [-0.25, -0.2) is 0 Å². The number of aryl methyl sites for hydroxylation is 1. The van der Waals surface area contributed by atoms with Crippen LogP contribution in [-0.2, 0) is 7.05 Å². The van der Waals surface area contributed by atoms with Gasteiger partial charge in [-0.2, -0.15) is 0 Å². The summed E-state index contributed by atoms with van der Waals surface area (Å²) in [6, 6.07) is 0. The second kappa shape index (κ2) is 4.55. The van der Waals surface area contributed by atoms with Crippen LogP contribution >= 0.6 is 0 Å². The highest BCUT2D eigenvalue weighted by Crippen LogP contribution is 2.25. The largest absolute Gasteiger partial charge is 0.330 e. The molecular formula is C10H20N4. The van der Waals surface area contributed by atoms with Crippen LogP contribution < -0.4 is 5.73 Å². The van der Waals surface area contributed by atoms with Crippen LogP contribution in [0.25, 0.3) is 0 Å². The normalized spacial score (nSPS) is 13.6. The van der Waals surface area contributed by atoms with Gasteiger partial charge in [0.15, 0.2) is 0 Å². The third-order valence-corrected chi connectivity index (χ3v) is 2.51. The van der Waals surface area contributed by atoms with Crippen LogP contribution in [0.1, 0.15) is 50.4 Å². The smallest absolute Gasteiger partial charge is 0.0890 e. The minimum absolute atomic E-state index is 0.408. The predicted octanol–water partition coefficient (Wildman–Crippen LogP) is 1.39. The second-order valence-electron chi connectivity index (χ2n) is 4.12. The molecule has 1 unspecified atom stereocenters. The molecule has 1 aromatic heterocycles. The summed E-state index contributed by atoms with van der Waals surface area (Å²) >= 11 is 0. The summed E-state index contributed by atoms with van der Waals surface area (Å²) in [6.07, 6.45) is 0.971. The van der Waals surface area contributed by atoms with E-state index in [0.717, 1.165) is 12.1 Å². The van der Waals surface area contributed by atoms with Crippen molar-refractivity contribution in [2.24, 2.45) is 12.8 Å². The molecule has 0 aliphatic heterocycles. The Morgan fingerprint density at radius 3 is 2.50 bits per heavy atom. The third kappa shape index (κ3) is 2.12. The molecular weight excluding hydrogens is 176 g/mol. The molecule has 0 aromatic carbocycles. The third-order valence-electron chi connectivity index (χ3n) is 2.51. The molecule has 1 heterocycles. The molecule has 4 heteroatoms. The maximum Gasteiger partial charge on any atom is 0.0890 e. The Kier molecular flexibility index (Phi) is 3.63. The van der Waals surface area contributed by atoms with E-state index in [2.05, 4.69) is 31.1 Å². The molecule has 0 fully saturated rings. The van der Waals surface area contributed by atoms with Gasteiger partial charge in [0.25, 0.3) is 0 Å². The molecule has 1 atom stereocenters. The lowest BCUT2D eigenvalue weighted by molar-refractivity contribution is 0.636. The molecule has 0 saturated heterocycles. The average Bonchev–Trinajstić information content (AvgIpc) is 2.47. The monoisotopic (exact) mass is 196 g/mol. The van der Waals surface area contributed by atoms with Crippen LogP contribution in [0.4, 0.5) is 0 Å². The van der Waals surface area contributed by atoms with Crippen molar-refractivity contribution in [1.29, 1.82) is 0 Å². The van der Waals surface area contributed by atoms with Crippen LogP contribution in [0, 0.1) is 0 Å². The Balaban J connectivity index is 2.96. The molecule has 0 aliphatic carbocycles. The molecule has 1 rings (SSSR count). The van der Waals surface area contributed by atoms with Crippen molar-refractivity contribution in [1.82, 2.24) is 15.0 Å². The molecule has 0 amide bonds. The summed E-state index contributed by atoms with van der Waals surface area (Å²) in [5.74, 6) is 0.872. The highest BCUT2D eigenvalue weighted by atomic mass is 15.4. The number of aromatic nitrogens is 3. The van der Waals surface area contributed by atoms with Gasteiger partial charge in [0.2, 0.25) is 0 Å². The van der Waals surface area contributed by atoms with Gasteiger partial charge in [-0.3, -0.25) is 4.68 Å². The summed E-state index contributed by atoms with van der Waals surface area (Å²) < 4.78 is 1.87. The molecule has 4 nitrogen and oxygen atoms in total. The van der Waals surface area contributed by atoms with E-state index in [0.29, 0.717) is 18.4 Å². The van der Waals surface area contributed by atoms with E-state index in [-0.39, 0.29) is 0 Å². The van der Waals surface area contributed by atoms with E-state index in [1.54, 1.807) is 0 Å². The van der Waals surface area contributed by atoms with Crippen LogP contribution in [-0.4, -0.2) is 21.5 Å². The van der Waals surface area contributed by atoms with E-state index in [9.17, 15) is 0 Å². The fourth-order valence-electron chi connectivity index (χ4n) is 1.79. The lowest BCUT2D eigenvalue weighted by Gasteiger charge is -2.12. The van der Waals surface area contributed by atoms with Crippen molar-refractivity contribution in [2.75, 3.05) is 6.54 Å². The Labute approximate surface area is 85.5 Å². The fourth-order valence-corrected chi connectivity index (χ4v) is 1.79. The summed E-state index contributed by atoms with van der Waals surface area (Å²) in [4.78, 5) is 0. The fraction of sp³-hybridized carbons (Fsp3) is 0.800. The van der Waals surface area contributed by atoms with Gasteiger partial charge < -0.3 is 5.73 Å². The molecule has 1 aromatic rings. The van der Waals surface area contributed by atoms with E-state index >= 15 is 0 Å². The quantitative estimate of drug-likeness (QED) is 0.791. The zero-order valence-corrected chi connectivity index (χ0v) is 9.49. The molecule has 80 valence electrons. The van der Waals surface area contributed by atoms with Gasteiger partial charge in [-0.15, -0.1) is 5.10 Å². The standard InChI is InChI=1S/C10H20N4/c1-7(2)10-9(8(3)5-6-11)12-13-14(10)4/h7-8H,5-6,11H2,1-4H3. The van der Waals surface area contributed by atoms with Crippen molar-refractivity contribution in [3.8, 4) is 0 Å². The molecule has 0 saturated carbocycles. The van der Waals surface area contributed by atoms with Gasteiger partial charge in [0.05, 0.1) is 11.4 Å². The summed E-state index contributed by atoms with van der Waals surface area (Å²) in [7, 11) is 1.95. The van der Waals surface area contributed by atoms with Crippen molar-refractivity contribution in [2.45, 2.75) is 39.0 Å². The lowest BCUT2D eigenvalue weighted by atomic mass is 9.97. The first-order valence-electron chi connectivity index (χ1n) is 5.17. The SMILES string of the molecule is CC(C)c1c(C(C)CCN)nnn1C. The summed E-state index contributed by atoms with van der Waals surface area (Å²) in [5, 5.41) is 8.28. The first-order chi connectivity index (χ1) is 6.57. The minimum Gasteiger partial charge on any atom is -0.330 e. The van der Waals surface area contributed by atoms with Gasteiger partial charge >= 0.3 is 0 Å². The van der Waals surface area contributed by atoms with Gasteiger partial charge in [-0.05, 0) is 18.9 Å². The topological polar surface area (TPSA) is 56.7 Å². The first kappa shape index (κ1) is 11.2. The van der Waals surface area contributed by atoms with Crippen molar-refractivity contribution in [3.63, 3.8) is 0 Å². The van der Waals surface area contributed by atoms with E-state index in [1.807, 2.05) is 11.7 Å². The Bertz CT molecular complexity index is 290. The van der Waals surface area contributed by atoms with Crippen molar-refractivity contribution < 1.29 is 0 Å². The number of nitrogens with two attached hydrogens (primary N) is 1. The number of hydrogen-bond donors (Lipinski definition) is 1. The zero-order valence-electron chi connectivity index (χ0n) is 9.49. The molecule has 0 spiro atoms. The predicted molar refractivity (Wildman–Crippen MR) is 57.2 cm³/mol. The number of hydrogen-bond acceptors (Lipinski definition) is 3.